The molecular formula is C5H8Ag2O4. The molecule has 4 nitrogen and oxygen atoms in total. The quantitative estimate of drug-likeness (QED) is 0.391. The molecule has 0 aliphatic carbocycles. The molecule has 0 saturated carbocycles. The third kappa shape index (κ3) is 10.4. The van der Waals surface area contributed by atoms with Gasteiger partial charge >= 0.3 is 11.9 Å². The molecule has 0 atom stereocenters. The topological polar surface area (TPSA) is 52.6 Å². The molecule has 0 aromatic rings. The van der Waals surface area contributed by atoms with Crippen molar-refractivity contribution in [3.8, 4) is 0 Å². The minimum Gasteiger partial charge on any atom is -0.469 e. The van der Waals surface area contributed by atoms with Crippen molar-refractivity contribution in [1.82, 2.24) is 0 Å². The summed E-state index contributed by atoms with van der Waals surface area (Å²) in [5.41, 5.74) is 0. The average Bonchev–Trinajstić information content (AvgIpc) is 1.87. The number of methoxy groups -OCH3 is 2. The van der Waals surface area contributed by atoms with Gasteiger partial charge < -0.3 is 9.47 Å². The molecule has 11 heavy (non-hydrogen) atoms. The van der Waals surface area contributed by atoms with Crippen LogP contribution < -0.4 is 0 Å². The molecule has 0 aromatic carbocycles. The van der Waals surface area contributed by atoms with E-state index in [0.29, 0.717) is 0 Å². The Hall–Kier alpha value is 0.421. The number of ether oxygens (including phenoxy) is 2. The number of carbonyl (C=O) groups is 2. The Balaban J connectivity index is -0.000000320. The first-order valence-corrected chi connectivity index (χ1v) is 2.34. The minimum atomic E-state index is -0.582. The van der Waals surface area contributed by atoms with Gasteiger partial charge in [-0.15, -0.1) is 0 Å². The van der Waals surface area contributed by atoms with Gasteiger partial charge in [0.05, 0.1) is 14.2 Å². The summed E-state index contributed by atoms with van der Waals surface area (Å²) in [6.07, 6.45) is -0.312. The Morgan fingerprint density at radius 2 is 1.27 bits per heavy atom. The van der Waals surface area contributed by atoms with Crippen LogP contribution in [0.25, 0.3) is 0 Å². The standard InChI is InChI=1S/C5H8O4.2Ag/c1-8-4(6)3-5(7)9-2;;/h3H2,1-2H3;;. The summed E-state index contributed by atoms with van der Waals surface area (Å²) in [5.74, 6) is -1.16. The molecule has 0 saturated heterocycles. The largest absolute Gasteiger partial charge is 0.469 e. The van der Waals surface area contributed by atoms with Crippen LogP contribution in [0.4, 0.5) is 0 Å². The van der Waals surface area contributed by atoms with Crippen molar-refractivity contribution in [2.75, 3.05) is 14.2 Å². The molecule has 0 aromatic heterocycles. The fourth-order valence-electron chi connectivity index (χ4n) is 0.262. The van der Waals surface area contributed by atoms with Gasteiger partial charge in [-0.05, 0) is 0 Å². The van der Waals surface area contributed by atoms with E-state index in [2.05, 4.69) is 9.47 Å². The van der Waals surface area contributed by atoms with Gasteiger partial charge in [0, 0.05) is 44.8 Å². The zero-order valence-corrected chi connectivity index (χ0v) is 8.91. The molecule has 2 radical (unpaired) electrons. The van der Waals surface area contributed by atoms with Gasteiger partial charge in [-0.2, -0.15) is 0 Å². The number of hydrogen-bond acceptors (Lipinski definition) is 4. The van der Waals surface area contributed by atoms with Crippen LogP contribution in [0.15, 0.2) is 0 Å². The van der Waals surface area contributed by atoms with Crippen LogP contribution in [-0.4, -0.2) is 26.2 Å². The first-order chi connectivity index (χ1) is 4.20. The summed E-state index contributed by atoms with van der Waals surface area (Å²) in [7, 11) is 2.43. The normalized spacial score (nSPS) is 6.73. The average molecular weight is 348 g/mol. The van der Waals surface area contributed by atoms with Gasteiger partial charge in [-0.3, -0.25) is 9.59 Å². The molecule has 74 valence electrons. The zero-order chi connectivity index (χ0) is 7.28. The summed E-state index contributed by atoms with van der Waals surface area (Å²) in [5, 5.41) is 0. The van der Waals surface area contributed by atoms with Gasteiger partial charge in [0.25, 0.3) is 0 Å². The minimum absolute atomic E-state index is 0. The Morgan fingerprint density at radius 1 is 1.00 bits per heavy atom. The second-order valence-electron chi connectivity index (χ2n) is 1.33. The molecule has 6 heteroatoms. The van der Waals surface area contributed by atoms with Crippen molar-refractivity contribution < 1.29 is 63.8 Å². The summed E-state index contributed by atoms with van der Waals surface area (Å²) in [6, 6.07) is 0. The molecule has 0 bridgehead atoms. The van der Waals surface area contributed by atoms with Crippen LogP contribution in [0.1, 0.15) is 6.42 Å². The molecule has 0 aliphatic rings. The van der Waals surface area contributed by atoms with E-state index in [0.717, 1.165) is 0 Å². The van der Waals surface area contributed by atoms with Crippen molar-refractivity contribution >= 4 is 11.9 Å². The smallest absolute Gasteiger partial charge is 0.316 e. The van der Waals surface area contributed by atoms with Crippen molar-refractivity contribution in [2.45, 2.75) is 6.42 Å². The maximum atomic E-state index is 10.3. The fraction of sp³-hybridized carbons (Fsp3) is 0.600. The predicted molar refractivity (Wildman–Crippen MR) is 28.6 cm³/mol. The molecule has 0 aliphatic heterocycles. The summed E-state index contributed by atoms with van der Waals surface area (Å²) >= 11 is 0. The van der Waals surface area contributed by atoms with E-state index in [4.69, 9.17) is 0 Å². The third-order valence-electron chi connectivity index (χ3n) is 0.744. The molecular weight excluding hydrogens is 340 g/mol. The van der Waals surface area contributed by atoms with Gasteiger partial charge in [-0.1, -0.05) is 0 Å². The summed E-state index contributed by atoms with van der Waals surface area (Å²) in [6.45, 7) is 0. The van der Waals surface area contributed by atoms with E-state index in [1.807, 2.05) is 0 Å². The van der Waals surface area contributed by atoms with E-state index in [1.165, 1.54) is 14.2 Å². The SMILES string of the molecule is COC(=O)CC(=O)OC.[Ag].[Ag]. The molecule has 0 spiro atoms. The Kier molecular flexibility index (Phi) is 16.6. The molecule has 0 fully saturated rings. The van der Waals surface area contributed by atoms with E-state index < -0.39 is 11.9 Å². The zero-order valence-electron chi connectivity index (χ0n) is 5.94. The number of hydrogen-bond donors (Lipinski definition) is 0. The molecule has 0 amide bonds. The first kappa shape index (κ1) is 17.5. The summed E-state index contributed by atoms with van der Waals surface area (Å²) in [4.78, 5) is 20.5. The van der Waals surface area contributed by atoms with Crippen LogP contribution in [0.2, 0.25) is 0 Å². The van der Waals surface area contributed by atoms with Gasteiger partial charge in [-0.25, -0.2) is 0 Å². The third-order valence-corrected chi connectivity index (χ3v) is 0.744. The van der Waals surface area contributed by atoms with Crippen LogP contribution >= 0.6 is 0 Å². The van der Waals surface area contributed by atoms with Gasteiger partial charge in [0.15, 0.2) is 0 Å². The maximum Gasteiger partial charge on any atom is 0.316 e. The number of carbonyl (C=O) groups excluding carboxylic acids is 2. The van der Waals surface area contributed by atoms with E-state index in [-0.39, 0.29) is 51.2 Å². The number of esters is 2. The van der Waals surface area contributed by atoms with Gasteiger partial charge in [0.2, 0.25) is 0 Å². The Morgan fingerprint density at radius 3 is 1.45 bits per heavy atom. The molecule has 0 rings (SSSR count). The van der Waals surface area contributed by atoms with Gasteiger partial charge in [0.1, 0.15) is 6.42 Å². The van der Waals surface area contributed by atoms with E-state index in [9.17, 15) is 9.59 Å². The monoisotopic (exact) mass is 346 g/mol. The van der Waals surface area contributed by atoms with E-state index >= 15 is 0 Å². The van der Waals surface area contributed by atoms with Crippen molar-refractivity contribution in [3.05, 3.63) is 0 Å². The second-order valence-corrected chi connectivity index (χ2v) is 1.33. The van der Waals surface area contributed by atoms with Crippen molar-refractivity contribution in [1.29, 1.82) is 0 Å². The van der Waals surface area contributed by atoms with Crippen LogP contribution in [-0.2, 0) is 63.8 Å². The molecule has 0 heterocycles. The van der Waals surface area contributed by atoms with Crippen molar-refractivity contribution in [3.63, 3.8) is 0 Å². The maximum absolute atomic E-state index is 10.3. The fourth-order valence-corrected chi connectivity index (χ4v) is 0.262. The van der Waals surface area contributed by atoms with Crippen LogP contribution in [0, 0.1) is 0 Å². The number of rotatable bonds is 2. The molecule has 0 unspecified atom stereocenters. The van der Waals surface area contributed by atoms with Crippen LogP contribution in [0.3, 0.4) is 0 Å². The van der Waals surface area contributed by atoms with Crippen LogP contribution in [0.5, 0.6) is 0 Å². The Bertz CT molecular complexity index is 112. The summed E-state index contributed by atoms with van der Waals surface area (Å²) < 4.78 is 8.37. The van der Waals surface area contributed by atoms with E-state index in [1.54, 1.807) is 0 Å². The van der Waals surface area contributed by atoms with Crippen molar-refractivity contribution in [2.24, 2.45) is 0 Å². The predicted octanol–water partition coefficient (Wildman–Crippen LogP) is -0.282. The Labute approximate surface area is 96.0 Å². The first-order valence-electron chi connectivity index (χ1n) is 2.34. The molecule has 0 N–H and O–H groups in total. The second kappa shape index (κ2) is 10.4.